The van der Waals surface area contributed by atoms with Crippen molar-refractivity contribution in [2.24, 2.45) is 0 Å². The molecule has 3 nitrogen and oxygen atoms in total. The Morgan fingerprint density at radius 2 is 1.64 bits per heavy atom. The highest BCUT2D eigenvalue weighted by molar-refractivity contribution is 5.45. The van der Waals surface area contributed by atoms with Crippen LogP contribution in [0.25, 0.3) is 0 Å². The molecule has 0 aliphatic heterocycles. The number of rotatable bonds is 2. The molecule has 0 amide bonds. The van der Waals surface area contributed by atoms with Gasteiger partial charge in [-0.2, -0.15) is 0 Å². The number of hydrogen-bond donors (Lipinski definition) is 3. The van der Waals surface area contributed by atoms with Crippen molar-refractivity contribution >= 4 is 0 Å². The molecule has 0 heterocycles. The fraction of sp³-hybridized carbons (Fsp3) is 0.455. The Hall–Kier alpha value is -1.06. The molecule has 14 heavy (non-hydrogen) atoms. The minimum atomic E-state index is -0.688. The van der Waals surface area contributed by atoms with Gasteiger partial charge in [-0.25, -0.2) is 0 Å². The molecule has 3 heteroatoms. The van der Waals surface area contributed by atoms with Gasteiger partial charge >= 0.3 is 0 Å². The van der Waals surface area contributed by atoms with Crippen LogP contribution in [0, 0.1) is 6.92 Å². The Balaban J connectivity index is 3.38. The smallest absolute Gasteiger partial charge is 0.118 e. The first-order chi connectivity index (χ1) is 6.45. The van der Waals surface area contributed by atoms with E-state index in [1.165, 1.54) is 6.07 Å². The van der Waals surface area contributed by atoms with E-state index in [-0.39, 0.29) is 5.75 Å². The van der Waals surface area contributed by atoms with Crippen molar-refractivity contribution < 1.29 is 15.3 Å². The van der Waals surface area contributed by atoms with E-state index >= 15 is 0 Å². The van der Waals surface area contributed by atoms with Gasteiger partial charge in [-0.05, 0) is 43.5 Å². The zero-order valence-electron chi connectivity index (χ0n) is 8.65. The lowest BCUT2D eigenvalue weighted by Crippen LogP contribution is -2.04. The summed E-state index contributed by atoms with van der Waals surface area (Å²) < 4.78 is 0. The molecule has 0 aliphatic carbocycles. The van der Waals surface area contributed by atoms with Crippen molar-refractivity contribution in [2.45, 2.75) is 33.0 Å². The number of aliphatic hydroxyl groups excluding tert-OH is 2. The van der Waals surface area contributed by atoms with E-state index in [4.69, 9.17) is 0 Å². The number of phenols is 1. The van der Waals surface area contributed by atoms with Crippen molar-refractivity contribution in [1.82, 2.24) is 0 Å². The van der Waals surface area contributed by atoms with Crippen LogP contribution in [0.15, 0.2) is 12.1 Å². The van der Waals surface area contributed by atoms with E-state index < -0.39 is 12.2 Å². The highest BCUT2D eigenvalue weighted by Crippen LogP contribution is 2.31. The highest BCUT2D eigenvalue weighted by atomic mass is 16.3. The van der Waals surface area contributed by atoms with E-state index in [1.54, 1.807) is 26.8 Å². The lowest BCUT2D eigenvalue weighted by Gasteiger charge is -2.17. The Bertz CT molecular complexity index is 330. The minimum Gasteiger partial charge on any atom is -0.508 e. The summed E-state index contributed by atoms with van der Waals surface area (Å²) in [6.45, 7) is 4.98. The fourth-order valence-corrected chi connectivity index (χ4v) is 1.66. The van der Waals surface area contributed by atoms with Gasteiger partial charge in [0.2, 0.25) is 0 Å². The molecule has 0 aliphatic rings. The van der Waals surface area contributed by atoms with Crippen molar-refractivity contribution in [3.8, 4) is 5.75 Å². The van der Waals surface area contributed by atoms with E-state index in [1.807, 2.05) is 0 Å². The summed E-state index contributed by atoms with van der Waals surface area (Å²) in [6, 6.07) is 3.16. The first-order valence-electron chi connectivity index (χ1n) is 4.63. The third-order valence-electron chi connectivity index (χ3n) is 2.39. The number of aliphatic hydroxyl groups is 2. The summed E-state index contributed by atoms with van der Waals surface area (Å²) in [5.41, 5.74) is 1.90. The molecule has 1 rings (SSSR count). The normalized spacial score (nSPS) is 15.2. The van der Waals surface area contributed by atoms with E-state index in [9.17, 15) is 15.3 Å². The van der Waals surface area contributed by atoms with E-state index in [0.29, 0.717) is 16.7 Å². The Labute approximate surface area is 83.6 Å². The average Bonchev–Trinajstić information content (AvgIpc) is 2.08. The van der Waals surface area contributed by atoms with E-state index in [2.05, 4.69) is 0 Å². The van der Waals surface area contributed by atoms with E-state index in [0.717, 1.165) is 0 Å². The van der Waals surface area contributed by atoms with Gasteiger partial charge in [0, 0.05) is 0 Å². The molecule has 2 atom stereocenters. The molecular formula is C11H16O3. The topological polar surface area (TPSA) is 60.7 Å². The second-order valence-corrected chi connectivity index (χ2v) is 3.56. The van der Waals surface area contributed by atoms with Crippen LogP contribution in [0.2, 0.25) is 0 Å². The predicted octanol–water partition coefficient (Wildman–Crippen LogP) is 1.81. The molecule has 2 unspecified atom stereocenters. The second-order valence-electron chi connectivity index (χ2n) is 3.56. The van der Waals surface area contributed by atoms with Crippen LogP contribution in [-0.2, 0) is 0 Å². The van der Waals surface area contributed by atoms with Gasteiger partial charge in [-0.15, -0.1) is 0 Å². The maximum atomic E-state index is 9.54. The third-order valence-corrected chi connectivity index (χ3v) is 2.39. The summed E-state index contributed by atoms with van der Waals surface area (Å²) in [5, 5.41) is 28.5. The summed E-state index contributed by atoms with van der Waals surface area (Å²) >= 11 is 0. The van der Waals surface area contributed by atoms with Gasteiger partial charge in [0.25, 0.3) is 0 Å². The number of hydrogen-bond acceptors (Lipinski definition) is 3. The lowest BCUT2D eigenvalue weighted by atomic mass is 9.94. The highest BCUT2D eigenvalue weighted by Gasteiger charge is 2.16. The number of phenolic OH excluding ortho intramolecular Hbond substituents is 1. The van der Waals surface area contributed by atoms with Gasteiger partial charge in [0.15, 0.2) is 0 Å². The molecule has 0 aromatic heterocycles. The summed E-state index contributed by atoms with van der Waals surface area (Å²) in [6.07, 6.45) is -1.33. The first kappa shape index (κ1) is 11.0. The van der Waals surface area contributed by atoms with Gasteiger partial charge in [-0.3, -0.25) is 0 Å². The average molecular weight is 196 g/mol. The molecule has 0 radical (unpaired) electrons. The molecule has 0 saturated heterocycles. The fourth-order valence-electron chi connectivity index (χ4n) is 1.66. The van der Waals surface area contributed by atoms with Gasteiger partial charge in [0.05, 0.1) is 12.2 Å². The van der Waals surface area contributed by atoms with Crippen molar-refractivity contribution in [1.29, 1.82) is 0 Å². The molecule has 0 bridgehead atoms. The lowest BCUT2D eigenvalue weighted by molar-refractivity contribution is 0.174. The molecule has 78 valence electrons. The van der Waals surface area contributed by atoms with Crippen LogP contribution in [0.5, 0.6) is 5.75 Å². The Morgan fingerprint density at radius 1 is 1.07 bits per heavy atom. The van der Waals surface area contributed by atoms with Crippen LogP contribution >= 0.6 is 0 Å². The standard InChI is InChI=1S/C11H16O3/c1-6-10(14)5-4-9(7(2)12)11(6)8(3)13/h4-5,7-8,12-14H,1-3H3. The number of benzene rings is 1. The zero-order chi connectivity index (χ0) is 10.9. The first-order valence-corrected chi connectivity index (χ1v) is 4.63. The molecule has 0 fully saturated rings. The zero-order valence-corrected chi connectivity index (χ0v) is 8.65. The maximum Gasteiger partial charge on any atom is 0.118 e. The van der Waals surface area contributed by atoms with Gasteiger partial charge in [-0.1, -0.05) is 6.07 Å². The minimum absolute atomic E-state index is 0.144. The molecule has 0 saturated carbocycles. The summed E-state index contributed by atoms with van der Waals surface area (Å²) in [7, 11) is 0. The Kier molecular flexibility index (Phi) is 3.13. The molecule has 1 aromatic carbocycles. The molecule has 0 spiro atoms. The second kappa shape index (κ2) is 3.98. The van der Waals surface area contributed by atoms with Gasteiger partial charge < -0.3 is 15.3 Å². The quantitative estimate of drug-likeness (QED) is 0.676. The summed E-state index contributed by atoms with van der Waals surface area (Å²) in [5.74, 6) is 0.144. The van der Waals surface area contributed by atoms with Crippen molar-refractivity contribution in [3.63, 3.8) is 0 Å². The SMILES string of the molecule is Cc1c(O)ccc(C(C)O)c1C(C)O. The third kappa shape index (κ3) is 1.89. The monoisotopic (exact) mass is 196 g/mol. The van der Waals surface area contributed by atoms with Crippen LogP contribution in [0.1, 0.15) is 42.7 Å². The predicted molar refractivity (Wildman–Crippen MR) is 54.1 cm³/mol. The van der Waals surface area contributed by atoms with Crippen LogP contribution in [0.3, 0.4) is 0 Å². The number of aromatic hydroxyl groups is 1. The van der Waals surface area contributed by atoms with Crippen molar-refractivity contribution in [2.75, 3.05) is 0 Å². The largest absolute Gasteiger partial charge is 0.508 e. The maximum absolute atomic E-state index is 9.54. The molecule has 1 aromatic rings. The summed E-state index contributed by atoms with van der Waals surface area (Å²) in [4.78, 5) is 0. The van der Waals surface area contributed by atoms with Crippen LogP contribution in [-0.4, -0.2) is 15.3 Å². The van der Waals surface area contributed by atoms with Crippen LogP contribution < -0.4 is 0 Å². The molecule has 3 N–H and O–H groups in total. The van der Waals surface area contributed by atoms with Gasteiger partial charge in [0.1, 0.15) is 5.75 Å². The Morgan fingerprint density at radius 3 is 2.07 bits per heavy atom. The van der Waals surface area contributed by atoms with Crippen LogP contribution in [0.4, 0.5) is 0 Å². The molecular weight excluding hydrogens is 180 g/mol. The van der Waals surface area contributed by atoms with Crippen molar-refractivity contribution in [3.05, 3.63) is 28.8 Å².